The average Bonchev–Trinajstić information content (AvgIpc) is 3.27. The molecule has 1 fully saturated rings. The highest BCUT2D eigenvalue weighted by Gasteiger charge is 2.29. The average molecular weight is 552 g/mol. The maximum Gasteiger partial charge on any atom is 0.407 e. The molecule has 0 spiro atoms. The number of nitrogen functional groups attached to an aromatic ring is 1. The fourth-order valence-electron chi connectivity index (χ4n) is 4.86. The fraction of sp³-hybridized carbons (Fsp3) is 0.464. The van der Waals surface area contributed by atoms with Crippen LogP contribution in [0.3, 0.4) is 0 Å². The number of allylic oxidation sites excluding steroid dienone is 2. The topological polar surface area (TPSA) is 146 Å². The second-order valence-corrected chi connectivity index (χ2v) is 10.9. The van der Waals surface area contributed by atoms with Crippen LogP contribution in [0.4, 0.5) is 16.4 Å². The Morgan fingerprint density at radius 2 is 1.93 bits per heavy atom. The zero-order valence-electron chi connectivity index (χ0n) is 23.6. The van der Waals surface area contributed by atoms with E-state index in [9.17, 15) is 19.2 Å². The summed E-state index contributed by atoms with van der Waals surface area (Å²) in [6, 6.07) is 6.36. The number of fused-ring (bicyclic) bond motifs is 1. The van der Waals surface area contributed by atoms with Gasteiger partial charge in [0.25, 0.3) is 5.56 Å². The van der Waals surface area contributed by atoms with E-state index in [1.54, 1.807) is 28.8 Å². The van der Waals surface area contributed by atoms with E-state index in [-0.39, 0.29) is 28.5 Å². The number of imidazole rings is 1. The standard InChI is InChI=1S/C28H37N7O5/c1-6-7-15-34-22-23(31-25(34)33-14-10-11-18(16-33)30-26(38)40-28(2,3)4)32(5)27(39)35(24(22)37)17-21(36)19-12-8-9-13-20(19)29/h6-9,12-13,18H,10-11,14-17,29H2,1-5H3,(H,30,38). The summed E-state index contributed by atoms with van der Waals surface area (Å²) in [7, 11) is 1.53. The monoisotopic (exact) mass is 551 g/mol. The van der Waals surface area contributed by atoms with E-state index < -0.39 is 35.3 Å². The van der Waals surface area contributed by atoms with Crippen molar-refractivity contribution in [2.24, 2.45) is 7.05 Å². The Kier molecular flexibility index (Phi) is 8.17. The summed E-state index contributed by atoms with van der Waals surface area (Å²) in [4.78, 5) is 59.2. The zero-order chi connectivity index (χ0) is 29.2. The zero-order valence-corrected chi connectivity index (χ0v) is 23.6. The van der Waals surface area contributed by atoms with Crippen LogP contribution < -0.4 is 27.2 Å². The molecule has 4 rings (SSSR count). The molecule has 1 unspecified atom stereocenters. The molecule has 12 nitrogen and oxygen atoms in total. The first kappa shape index (κ1) is 28.7. The summed E-state index contributed by atoms with van der Waals surface area (Å²) in [5.74, 6) is 0.0655. The number of anilines is 2. The predicted octanol–water partition coefficient (Wildman–Crippen LogP) is 2.43. The van der Waals surface area contributed by atoms with Crippen molar-refractivity contribution in [3.05, 3.63) is 62.8 Å². The lowest BCUT2D eigenvalue weighted by Crippen LogP contribution is -2.49. The molecule has 214 valence electrons. The van der Waals surface area contributed by atoms with Gasteiger partial charge in [-0.3, -0.25) is 18.7 Å². The van der Waals surface area contributed by atoms with E-state index in [1.165, 1.54) is 11.6 Å². The third kappa shape index (κ3) is 5.95. The van der Waals surface area contributed by atoms with Gasteiger partial charge in [-0.05, 0) is 52.7 Å². The van der Waals surface area contributed by atoms with Gasteiger partial charge in [0.15, 0.2) is 16.9 Å². The molecule has 3 aromatic rings. The summed E-state index contributed by atoms with van der Waals surface area (Å²) in [6.45, 7) is 8.28. The van der Waals surface area contributed by atoms with Crippen molar-refractivity contribution in [3.63, 3.8) is 0 Å². The van der Waals surface area contributed by atoms with Crippen LogP contribution in [-0.4, -0.2) is 55.3 Å². The summed E-state index contributed by atoms with van der Waals surface area (Å²) in [6.07, 6.45) is 4.80. The second kappa shape index (κ2) is 11.4. The number of para-hydroxylation sites is 1. The van der Waals surface area contributed by atoms with Gasteiger partial charge in [0.2, 0.25) is 5.95 Å². The minimum absolute atomic E-state index is 0.187. The molecule has 1 saturated heterocycles. The normalized spacial score (nSPS) is 16.0. The van der Waals surface area contributed by atoms with Crippen molar-refractivity contribution in [1.82, 2.24) is 24.0 Å². The van der Waals surface area contributed by atoms with Gasteiger partial charge in [-0.25, -0.2) is 9.59 Å². The number of carbonyl (C=O) groups excluding carboxylic acids is 2. The Balaban J connectivity index is 1.74. The Morgan fingerprint density at radius 1 is 1.20 bits per heavy atom. The van der Waals surface area contributed by atoms with Crippen LogP contribution in [0.15, 0.2) is 46.0 Å². The minimum atomic E-state index is -0.648. The number of piperidine rings is 1. The first-order valence-corrected chi connectivity index (χ1v) is 13.3. The number of ketones is 1. The molecule has 1 atom stereocenters. The van der Waals surface area contributed by atoms with Gasteiger partial charge in [0, 0.05) is 44.0 Å². The van der Waals surface area contributed by atoms with E-state index >= 15 is 0 Å². The lowest BCUT2D eigenvalue weighted by atomic mass is 10.1. The Hall–Kier alpha value is -4.35. The highest BCUT2D eigenvalue weighted by atomic mass is 16.6. The number of nitrogens with two attached hydrogens (primary N) is 1. The molecule has 12 heteroatoms. The summed E-state index contributed by atoms with van der Waals surface area (Å²) in [5.41, 5.74) is 5.05. The maximum atomic E-state index is 13.8. The number of benzene rings is 1. The Bertz CT molecular complexity index is 1570. The molecule has 1 aliphatic rings. The van der Waals surface area contributed by atoms with Crippen LogP contribution in [0, 0.1) is 0 Å². The number of alkyl carbamates (subject to hydrolysis) is 1. The number of ether oxygens (including phenoxy) is 1. The van der Waals surface area contributed by atoms with E-state index in [2.05, 4.69) is 5.32 Å². The number of hydrogen-bond acceptors (Lipinski definition) is 8. The molecule has 3 N–H and O–H groups in total. The third-order valence-corrected chi connectivity index (χ3v) is 6.72. The summed E-state index contributed by atoms with van der Waals surface area (Å²) < 4.78 is 9.39. The largest absolute Gasteiger partial charge is 0.444 e. The summed E-state index contributed by atoms with van der Waals surface area (Å²) >= 11 is 0. The molecule has 1 amide bonds. The quantitative estimate of drug-likeness (QED) is 0.259. The molecule has 0 saturated carbocycles. The van der Waals surface area contributed by atoms with Crippen LogP contribution in [0.2, 0.25) is 0 Å². The number of hydrogen-bond donors (Lipinski definition) is 2. The van der Waals surface area contributed by atoms with Crippen LogP contribution in [0.25, 0.3) is 11.2 Å². The molecule has 0 radical (unpaired) electrons. The Labute approximate surface area is 232 Å². The van der Waals surface area contributed by atoms with Gasteiger partial charge in [0.1, 0.15) is 5.60 Å². The van der Waals surface area contributed by atoms with Gasteiger partial charge in [-0.2, -0.15) is 4.98 Å². The Morgan fingerprint density at radius 3 is 2.60 bits per heavy atom. The lowest BCUT2D eigenvalue weighted by Gasteiger charge is -2.34. The van der Waals surface area contributed by atoms with Crippen molar-refractivity contribution < 1.29 is 14.3 Å². The first-order valence-electron chi connectivity index (χ1n) is 13.3. The summed E-state index contributed by atoms with van der Waals surface area (Å²) in [5, 5.41) is 2.93. The van der Waals surface area contributed by atoms with E-state index in [0.29, 0.717) is 25.6 Å². The van der Waals surface area contributed by atoms with E-state index in [1.807, 2.05) is 44.7 Å². The third-order valence-electron chi connectivity index (χ3n) is 6.72. The number of rotatable bonds is 7. The SMILES string of the molecule is CC=CCn1c(N2CCCC(NC(=O)OC(C)(C)C)C2)nc2c1c(=O)n(CC(=O)c1ccccc1N)c(=O)n2C. The van der Waals surface area contributed by atoms with Crippen molar-refractivity contribution in [1.29, 1.82) is 0 Å². The van der Waals surface area contributed by atoms with Gasteiger partial charge in [0.05, 0.1) is 6.54 Å². The number of aromatic nitrogens is 4. The number of nitrogens with one attached hydrogen (secondary N) is 1. The predicted molar refractivity (Wildman–Crippen MR) is 154 cm³/mol. The van der Waals surface area contributed by atoms with E-state index in [4.69, 9.17) is 15.5 Å². The van der Waals surface area contributed by atoms with Gasteiger partial charge in [-0.1, -0.05) is 24.3 Å². The molecular weight excluding hydrogens is 514 g/mol. The van der Waals surface area contributed by atoms with Crippen LogP contribution >= 0.6 is 0 Å². The first-order chi connectivity index (χ1) is 18.9. The van der Waals surface area contributed by atoms with Crippen LogP contribution in [0.5, 0.6) is 0 Å². The van der Waals surface area contributed by atoms with E-state index in [0.717, 1.165) is 17.4 Å². The molecule has 40 heavy (non-hydrogen) atoms. The molecular formula is C28H37N7O5. The van der Waals surface area contributed by atoms with Crippen molar-refractivity contribution >= 4 is 34.7 Å². The van der Waals surface area contributed by atoms with Crippen molar-refractivity contribution in [3.8, 4) is 0 Å². The minimum Gasteiger partial charge on any atom is -0.444 e. The molecule has 1 aromatic carbocycles. The van der Waals surface area contributed by atoms with Crippen molar-refractivity contribution in [2.45, 2.75) is 65.3 Å². The second-order valence-electron chi connectivity index (χ2n) is 10.9. The number of aryl methyl sites for hydroxylation is 1. The van der Waals surface area contributed by atoms with Gasteiger partial charge in [-0.15, -0.1) is 0 Å². The lowest BCUT2D eigenvalue weighted by molar-refractivity contribution is 0.0499. The molecule has 2 aromatic heterocycles. The molecule has 1 aliphatic heterocycles. The highest BCUT2D eigenvalue weighted by Crippen LogP contribution is 2.24. The number of nitrogens with zero attached hydrogens (tertiary/aromatic N) is 5. The number of Topliss-reactive ketones (excluding diaryl/α,β-unsaturated/α-hetero) is 1. The van der Waals surface area contributed by atoms with Gasteiger partial charge < -0.3 is 25.3 Å². The van der Waals surface area contributed by atoms with Gasteiger partial charge >= 0.3 is 11.8 Å². The van der Waals surface area contributed by atoms with Crippen LogP contribution in [-0.2, 0) is 24.9 Å². The van der Waals surface area contributed by atoms with Crippen LogP contribution in [0.1, 0.15) is 50.9 Å². The highest BCUT2D eigenvalue weighted by molar-refractivity contribution is 6.00. The smallest absolute Gasteiger partial charge is 0.407 e. The molecule has 0 aliphatic carbocycles. The fourth-order valence-corrected chi connectivity index (χ4v) is 4.86. The molecule has 3 heterocycles. The maximum absolute atomic E-state index is 13.8. The number of carbonyl (C=O) groups is 2. The molecule has 0 bridgehead atoms. The number of amides is 1. The van der Waals surface area contributed by atoms with Crippen molar-refractivity contribution in [2.75, 3.05) is 23.7 Å².